The molecule has 148 valence electrons. The quantitative estimate of drug-likeness (QED) is 0.463. The van der Waals surface area contributed by atoms with Crippen molar-refractivity contribution >= 4 is 43.0 Å². The number of methoxy groups -OCH3 is 1. The highest BCUT2D eigenvalue weighted by Gasteiger charge is 2.31. The molecule has 0 aliphatic rings. The summed E-state index contributed by atoms with van der Waals surface area (Å²) in [6.45, 7) is 0. The van der Waals surface area contributed by atoms with Crippen molar-refractivity contribution < 1.29 is 21.9 Å². The van der Waals surface area contributed by atoms with E-state index in [2.05, 4.69) is 9.97 Å². The molecule has 10 heteroatoms. The fourth-order valence-electron chi connectivity index (χ4n) is 2.84. The Bertz CT molecular complexity index is 1300. The van der Waals surface area contributed by atoms with Gasteiger partial charge in [-0.1, -0.05) is 6.07 Å². The molecule has 0 amide bonds. The van der Waals surface area contributed by atoms with Crippen LogP contribution in [0, 0.1) is 11.6 Å². The van der Waals surface area contributed by atoms with Crippen molar-refractivity contribution in [3.05, 3.63) is 72.0 Å². The van der Waals surface area contributed by atoms with Gasteiger partial charge in [0.05, 0.1) is 18.2 Å². The Kier molecular flexibility index (Phi) is 4.89. The van der Waals surface area contributed by atoms with Crippen LogP contribution in [0.5, 0.6) is 5.75 Å². The number of pyridine rings is 1. The van der Waals surface area contributed by atoms with E-state index in [1.54, 1.807) is 5.38 Å². The van der Waals surface area contributed by atoms with Crippen LogP contribution in [0.4, 0.5) is 19.6 Å². The molecule has 0 fully saturated rings. The van der Waals surface area contributed by atoms with E-state index in [0.717, 1.165) is 34.0 Å². The molecule has 29 heavy (non-hydrogen) atoms. The maximum atomic E-state index is 14.2. The maximum Gasteiger partial charge on any atom is 0.270 e. The number of thiazole rings is 1. The van der Waals surface area contributed by atoms with Gasteiger partial charge < -0.3 is 4.74 Å². The Morgan fingerprint density at radius 3 is 2.66 bits per heavy atom. The Morgan fingerprint density at radius 2 is 1.93 bits per heavy atom. The van der Waals surface area contributed by atoms with E-state index >= 15 is 0 Å². The van der Waals surface area contributed by atoms with Crippen molar-refractivity contribution in [1.29, 1.82) is 0 Å². The Morgan fingerprint density at radius 1 is 1.10 bits per heavy atom. The highest BCUT2D eigenvalue weighted by atomic mass is 32.2. The molecule has 0 radical (unpaired) electrons. The molecule has 2 aromatic heterocycles. The molecule has 0 aliphatic carbocycles. The lowest BCUT2D eigenvalue weighted by atomic mass is 10.2. The van der Waals surface area contributed by atoms with E-state index in [1.165, 1.54) is 43.8 Å². The van der Waals surface area contributed by atoms with Gasteiger partial charge in [-0.25, -0.2) is 26.5 Å². The van der Waals surface area contributed by atoms with Gasteiger partial charge in [0, 0.05) is 34.6 Å². The van der Waals surface area contributed by atoms with Gasteiger partial charge in [0.25, 0.3) is 10.0 Å². The summed E-state index contributed by atoms with van der Waals surface area (Å²) < 4.78 is 61.1. The lowest BCUT2D eigenvalue weighted by molar-refractivity contribution is 0.412. The van der Waals surface area contributed by atoms with Crippen LogP contribution in [-0.2, 0) is 10.0 Å². The molecule has 2 heterocycles. The molecule has 0 atom stereocenters. The van der Waals surface area contributed by atoms with Crippen LogP contribution in [-0.4, -0.2) is 25.5 Å². The molecule has 0 saturated carbocycles. The van der Waals surface area contributed by atoms with Crippen LogP contribution in [0.1, 0.15) is 0 Å². The first-order valence-corrected chi connectivity index (χ1v) is 10.6. The number of ether oxygens (including phenoxy) is 1. The third-order valence-corrected chi connectivity index (χ3v) is 6.75. The zero-order valence-corrected chi connectivity index (χ0v) is 16.5. The topological polar surface area (TPSA) is 72.4 Å². The number of sulfonamides is 1. The normalized spacial score (nSPS) is 11.6. The van der Waals surface area contributed by atoms with E-state index < -0.39 is 21.7 Å². The highest BCUT2D eigenvalue weighted by Crippen LogP contribution is 2.40. The van der Waals surface area contributed by atoms with Crippen molar-refractivity contribution in [2.24, 2.45) is 0 Å². The number of rotatable bonds is 5. The molecular weight excluding hydrogens is 420 g/mol. The Hall–Kier alpha value is -3.11. The number of hydrogen-bond donors (Lipinski definition) is 0. The molecule has 0 spiro atoms. The smallest absolute Gasteiger partial charge is 0.270 e. The van der Waals surface area contributed by atoms with Crippen molar-refractivity contribution in [2.45, 2.75) is 4.90 Å². The highest BCUT2D eigenvalue weighted by molar-refractivity contribution is 7.93. The lowest BCUT2D eigenvalue weighted by Gasteiger charge is -2.23. The van der Waals surface area contributed by atoms with Gasteiger partial charge in [-0.2, -0.15) is 0 Å². The predicted molar refractivity (Wildman–Crippen MR) is 106 cm³/mol. The molecule has 0 saturated heterocycles. The summed E-state index contributed by atoms with van der Waals surface area (Å²) in [6, 6.07) is 7.56. The summed E-state index contributed by atoms with van der Waals surface area (Å²) >= 11 is 1.08. The minimum absolute atomic E-state index is 0.0138. The molecule has 0 bridgehead atoms. The third kappa shape index (κ3) is 3.40. The van der Waals surface area contributed by atoms with Crippen LogP contribution in [0.3, 0.4) is 0 Å². The van der Waals surface area contributed by atoms with Gasteiger partial charge in [0.1, 0.15) is 23.1 Å². The summed E-state index contributed by atoms with van der Waals surface area (Å²) in [5.74, 6) is -1.21. The van der Waals surface area contributed by atoms with Gasteiger partial charge in [-0.3, -0.25) is 4.98 Å². The summed E-state index contributed by atoms with van der Waals surface area (Å²) in [5.41, 5.74) is 0.0825. The minimum atomic E-state index is -4.24. The molecule has 0 aliphatic heterocycles. The van der Waals surface area contributed by atoms with Gasteiger partial charge in [0.15, 0.2) is 0 Å². The zero-order valence-electron chi connectivity index (χ0n) is 14.9. The monoisotopic (exact) mass is 433 g/mol. The van der Waals surface area contributed by atoms with E-state index in [0.29, 0.717) is 5.39 Å². The average molecular weight is 433 g/mol. The first-order chi connectivity index (χ1) is 13.9. The first-order valence-electron chi connectivity index (χ1n) is 8.23. The fraction of sp³-hybridized carbons (Fsp3) is 0.0526. The Labute approximate surface area is 169 Å². The maximum absolute atomic E-state index is 14.2. The van der Waals surface area contributed by atoms with E-state index in [-0.39, 0.29) is 26.9 Å². The second-order valence-corrected chi connectivity index (χ2v) is 8.56. The summed E-state index contributed by atoms with van der Waals surface area (Å²) in [6.07, 6.45) is 3.90. The number of nitrogens with zero attached hydrogens (tertiary/aromatic N) is 3. The Balaban J connectivity index is 1.95. The van der Waals surface area contributed by atoms with Gasteiger partial charge >= 0.3 is 0 Å². The molecule has 4 aromatic rings. The lowest BCUT2D eigenvalue weighted by Crippen LogP contribution is -2.26. The van der Waals surface area contributed by atoms with E-state index in [4.69, 9.17) is 4.74 Å². The van der Waals surface area contributed by atoms with Crippen LogP contribution in [0.2, 0.25) is 0 Å². The number of benzene rings is 2. The third-order valence-electron chi connectivity index (χ3n) is 4.18. The standard InChI is InChI=1S/C19H13F2N3O3S2/c1-27-18-8-13(20)3-5-17(18)24(19-23-6-7-28-19)29(25,26)14-4-2-12-10-22-11-16(21)15(12)9-14/h2-11H,1H3. The van der Waals surface area contributed by atoms with E-state index in [9.17, 15) is 17.2 Å². The van der Waals surface area contributed by atoms with Crippen LogP contribution < -0.4 is 9.04 Å². The summed E-state index contributed by atoms with van der Waals surface area (Å²) in [5, 5.41) is 2.32. The van der Waals surface area contributed by atoms with Gasteiger partial charge in [-0.15, -0.1) is 11.3 Å². The molecule has 0 unspecified atom stereocenters. The van der Waals surface area contributed by atoms with Crippen LogP contribution in [0.15, 0.2) is 65.3 Å². The summed E-state index contributed by atoms with van der Waals surface area (Å²) in [7, 11) is -2.93. The van der Waals surface area contributed by atoms with Gasteiger partial charge in [0.2, 0.25) is 5.13 Å². The van der Waals surface area contributed by atoms with Crippen molar-refractivity contribution in [3.63, 3.8) is 0 Å². The van der Waals surface area contributed by atoms with Crippen LogP contribution >= 0.6 is 11.3 Å². The molecule has 6 nitrogen and oxygen atoms in total. The van der Waals surface area contributed by atoms with Crippen LogP contribution in [0.25, 0.3) is 10.8 Å². The molecular formula is C19H13F2N3O3S2. The number of fused-ring (bicyclic) bond motifs is 1. The SMILES string of the molecule is COc1cc(F)ccc1N(c1nccs1)S(=O)(=O)c1ccc2cncc(F)c2c1. The van der Waals surface area contributed by atoms with Crippen molar-refractivity contribution in [3.8, 4) is 5.75 Å². The molecule has 2 aromatic carbocycles. The molecule has 4 rings (SSSR count). The molecule has 0 N–H and O–H groups in total. The summed E-state index contributed by atoms with van der Waals surface area (Å²) in [4.78, 5) is 7.70. The average Bonchev–Trinajstić information content (AvgIpc) is 3.23. The van der Waals surface area contributed by atoms with E-state index in [1.807, 2.05) is 0 Å². The second-order valence-electron chi connectivity index (χ2n) is 5.90. The van der Waals surface area contributed by atoms with Gasteiger partial charge in [-0.05, 0) is 24.3 Å². The largest absolute Gasteiger partial charge is 0.494 e. The number of anilines is 2. The minimum Gasteiger partial charge on any atom is -0.494 e. The first kappa shape index (κ1) is 19.2. The predicted octanol–water partition coefficient (Wildman–Crippen LogP) is 4.51. The van der Waals surface area contributed by atoms with Crippen molar-refractivity contribution in [2.75, 3.05) is 11.4 Å². The second kappa shape index (κ2) is 7.37. The van der Waals surface area contributed by atoms with Crippen molar-refractivity contribution in [1.82, 2.24) is 9.97 Å². The number of hydrogen-bond acceptors (Lipinski definition) is 6. The number of halogens is 2. The fourth-order valence-corrected chi connectivity index (χ4v) is 5.21. The zero-order chi connectivity index (χ0) is 20.6. The number of aromatic nitrogens is 2.